The quantitative estimate of drug-likeness (QED) is 0.132. The van der Waals surface area contributed by atoms with Crippen molar-refractivity contribution in [3.63, 3.8) is 0 Å². The molecule has 0 bridgehead atoms. The molecule has 4 unspecified atom stereocenters. The zero-order chi connectivity index (χ0) is 26.4. The highest BCUT2D eigenvalue weighted by molar-refractivity contribution is 5.94. The fraction of sp³-hybridized carbons (Fsp3) is 0.773. The van der Waals surface area contributed by atoms with Crippen molar-refractivity contribution in [3.8, 4) is 0 Å². The Labute approximate surface area is 200 Å². The first-order valence-electron chi connectivity index (χ1n) is 11.6. The molecule has 0 aromatic rings. The van der Waals surface area contributed by atoms with Gasteiger partial charge in [-0.2, -0.15) is 0 Å². The number of carboxylic acids is 2. The first-order valence-corrected chi connectivity index (χ1v) is 11.6. The van der Waals surface area contributed by atoms with Gasteiger partial charge in [0.05, 0.1) is 6.04 Å². The number of unbranched alkanes of at least 4 members (excludes halogenated alkanes) is 1. The van der Waals surface area contributed by atoms with Crippen molar-refractivity contribution in [2.24, 2.45) is 23.3 Å². The molecule has 0 fully saturated rings. The van der Waals surface area contributed by atoms with Crippen molar-refractivity contribution in [2.45, 2.75) is 90.4 Å². The van der Waals surface area contributed by atoms with Crippen molar-refractivity contribution < 1.29 is 34.2 Å². The highest BCUT2D eigenvalue weighted by Crippen LogP contribution is 2.09. The average molecular weight is 488 g/mol. The van der Waals surface area contributed by atoms with E-state index in [4.69, 9.17) is 16.6 Å². The van der Waals surface area contributed by atoms with Crippen LogP contribution >= 0.6 is 0 Å². The van der Waals surface area contributed by atoms with E-state index in [-0.39, 0.29) is 18.8 Å². The lowest BCUT2D eigenvalue weighted by Crippen LogP contribution is -2.58. The molecule has 0 heterocycles. The van der Waals surface area contributed by atoms with Gasteiger partial charge in [-0.1, -0.05) is 34.1 Å². The number of carbonyl (C=O) groups excluding carboxylic acids is 3. The lowest BCUT2D eigenvalue weighted by Gasteiger charge is -2.27. The maximum absolute atomic E-state index is 12.9. The zero-order valence-corrected chi connectivity index (χ0v) is 20.5. The number of carboxylic acid groups (broad SMARTS) is 2. The molecular weight excluding hydrogens is 446 g/mol. The molecule has 34 heavy (non-hydrogen) atoms. The molecule has 0 spiro atoms. The maximum atomic E-state index is 12.9. The van der Waals surface area contributed by atoms with Crippen LogP contribution in [-0.2, 0) is 24.0 Å². The predicted molar refractivity (Wildman–Crippen MR) is 125 cm³/mol. The Morgan fingerprint density at radius 3 is 1.85 bits per heavy atom. The summed E-state index contributed by atoms with van der Waals surface area (Å²) in [5.41, 5.74) is 11.3. The molecule has 0 aliphatic heterocycles. The molecule has 12 nitrogen and oxygen atoms in total. The van der Waals surface area contributed by atoms with Gasteiger partial charge in [0.2, 0.25) is 17.7 Å². The first-order chi connectivity index (χ1) is 15.8. The number of hydrogen-bond donors (Lipinski definition) is 7. The maximum Gasteiger partial charge on any atom is 0.326 e. The zero-order valence-electron chi connectivity index (χ0n) is 20.5. The third-order valence-corrected chi connectivity index (χ3v) is 5.15. The van der Waals surface area contributed by atoms with Gasteiger partial charge in [0.1, 0.15) is 18.1 Å². The van der Waals surface area contributed by atoms with Crippen LogP contribution in [-0.4, -0.2) is 70.6 Å². The standard InChI is InChI=1S/C22H41N5O7/c1-12(2)11-16(22(33)34)26-21(32)18(13(3)4)27-20(31)15(8-9-17(28)29)25-19(30)14(24)7-5-6-10-23/h12-16,18H,5-11,23-24H2,1-4H3,(H,25,30)(H,26,32)(H,27,31)(H,28,29)(H,33,34). The Kier molecular flexibility index (Phi) is 14.7. The third-order valence-electron chi connectivity index (χ3n) is 5.15. The second-order valence-corrected chi connectivity index (χ2v) is 9.14. The number of carbonyl (C=O) groups is 5. The molecule has 196 valence electrons. The van der Waals surface area contributed by atoms with Gasteiger partial charge in [0, 0.05) is 6.42 Å². The summed E-state index contributed by atoms with van der Waals surface area (Å²) in [7, 11) is 0. The number of rotatable bonds is 17. The van der Waals surface area contributed by atoms with Crippen LogP contribution in [0.2, 0.25) is 0 Å². The van der Waals surface area contributed by atoms with Gasteiger partial charge in [-0.25, -0.2) is 4.79 Å². The fourth-order valence-electron chi connectivity index (χ4n) is 3.20. The molecule has 0 radical (unpaired) electrons. The lowest BCUT2D eigenvalue weighted by atomic mass is 9.99. The SMILES string of the molecule is CC(C)CC(NC(=O)C(NC(=O)C(CCC(=O)O)NC(=O)C(N)CCCCN)C(C)C)C(=O)O. The van der Waals surface area contributed by atoms with Gasteiger partial charge in [-0.05, 0) is 44.1 Å². The van der Waals surface area contributed by atoms with Crippen molar-refractivity contribution in [3.05, 3.63) is 0 Å². The smallest absolute Gasteiger partial charge is 0.326 e. The molecule has 0 saturated heterocycles. The van der Waals surface area contributed by atoms with E-state index in [1.54, 1.807) is 13.8 Å². The van der Waals surface area contributed by atoms with Crippen LogP contribution in [0.5, 0.6) is 0 Å². The second-order valence-electron chi connectivity index (χ2n) is 9.14. The molecule has 0 saturated carbocycles. The fourth-order valence-corrected chi connectivity index (χ4v) is 3.20. The first kappa shape index (κ1) is 31.3. The Morgan fingerprint density at radius 1 is 0.794 bits per heavy atom. The number of amides is 3. The summed E-state index contributed by atoms with van der Waals surface area (Å²) in [6, 6.07) is -4.35. The van der Waals surface area contributed by atoms with Gasteiger partial charge in [-0.15, -0.1) is 0 Å². The summed E-state index contributed by atoms with van der Waals surface area (Å²) >= 11 is 0. The third kappa shape index (κ3) is 12.5. The molecule has 12 heteroatoms. The lowest BCUT2D eigenvalue weighted by molar-refractivity contribution is -0.143. The minimum Gasteiger partial charge on any atom is -0.481 e. The van der Waals surface area contributed by atoms with E-state index in [0.717, 1.165) is 0 Å². The van der Waals surface area contributed by atoms with Crippen molar-refractivity contribution in [1.29, 1.82) is 0 Å². The monoisotopic (exact) mass is 487 g/mol. The minimum absolute atomic E-state index is 0.0122. The van der Waals surface area contributed by atoms with Gasteiger partial charge in [-0.3, -0.25) is 19.2 Å². The van der Waals surface area contributed by atoms with Crippen LogP contribution in [0.1, 0.15) is 66.2 Å². The van der Waals surface area contributed by atoms with Crippen LogP contribution in [0, 0.1) is 11.8 Å². The molecule has 3 amide bonds. The van der Waals surface area contributed by atoms with E-state index in [1.807, 2.05) is 13.8 Å². The second kappa shape index (κ2) is 16.0. The van der Waals surface area contributed by atoms with Gasteiger partial charge in [0.15, 0.2) is 0 Å². The normalized spacial score (nSPS) is 14.7. The van der Waals surface area contributed by atoms with Gasteiger partial charge >= 0.3 is 11.9 Å². The van der Waals surface area contributed by atoms with E-state index >= 15 is 0 Å². The summed E-state index contributed by atoms with van der Waals surface area (Å²) in [5.74, 6) is -4.80. The van der Waals surface area contributed by atoms with E-state index in [2.05, 4.69) is 16.0 Å². The van der Waals surface area contributed by atoms with Gasteiger partial charge in [0.25, 0.3) is 0 Å². The van der Waals surface area contributed by atoms with Crippen LogP contribution < -0.4 is 27.4 Å². The summed E-state index contributed by atoms with van der Waals surface area (Å²) in [6.07, 6.45) is 1.25. The topological polar surface area (TPSA) is 214 Å². The summed E-state index contributed by atoms with van der Waals surface area (Å²) in [4.78, 5) is 60.7. The van der Waals surface area contributed by atoms with E-state index in [1.165, 1.54) is 0 Å². The van der Waals surface area contributed by atoms with Crippen LogP contribution in [0.15, 0.2) is 0 Å². The van der Waals surface area contributed by atoms with E-state index in [9.17, 15) is 29.1 Å². The molecule has 0 aliphatic carbocycles. The van der Waals surface area contributed by atoms with Crippen molar-refractivity contribution >= 4 is 29.7 Å². The molecule has 9 N–H and O–H groups in total. The predicted octanol–water partition coefficient (Wildman–Crippen LogP) is -0.451. The number of hydrogen-bond acceptors (Lipinski definition) is 7. The summed E-state index contributed by atoms with van der Waals surface area (Å²) in [5, 5.41) is 25.8. The minimum atomic E-state index is -1.23. The van der Waals surface area contributed by atoms with Crippen LogP contribution in [0.25, 0.3) is 0 Å². The Balaban J connectivity index is 5.41. The van der Waals surface area contributed by atoms with Crippen molar-refractivity contribution in [2.75, 3.05) is 6.54 Å². The Bertz CT molecular complexity index is 699. The highest BCUT2D eigenvalue weighted by Gasteiger charge is 2.32. The Morgan fingerprint density at radius 2 is 1.38 bits per heavy atom. The van der Waals surface area contributed by atoms with Crippen LogP contribution in [0.3, 0.4) is 0 Å². The Hall–Kier alpha value is -2.73. The molecule has 4 atom stereocenters. The van der Waals surface area contributed by atoms with Crippen molar-refractivity contribution in [1.82, 2.24) is 16.0 Å². The average Bonchev–Trinajstić information content (AvgIpc) is 2.73. The molecule has 0 rings (SSSR count). The number of aliphatic carboxylic acids is 2. The molecular formula is C22H41N5O7. The largest absolute Gasteiger partial charge is 0.481 e. The molecule has 0 aromatic heterocycles. The molecule has 0 aromatic carbocycles. The summed E-state index contributed by atoms with van der Waals surface area (Å²) < 4.78 is 0. The summed E-state index contributed by atoms with van der Waals surface area (Å²) in [6.45, 7) is 7.43. The van der Waals surface area contributed by atoms with Crippen LogP contribution in [0.4, 0.5) is 0 Å². The van der Waals surface area contributed by atoms with Gasteiger partial charge < -0.3 is 37.6 Å². The highest BCUT2D eigenvalue weighted by atomic mass is 16.4. The van der Waals surface area contributed by atoms with E-state index in [0.29, 0.717) is 25.8 Å². The number of nitrogens with one attached hydrogen (secondary N) is 3. The molecule has 0 aliphatic rings. The van der Waals surface area contributed by atoms with E-state index < -0.39 is 66.2 Å². The number of nitrogens with two attached hydrogens (primary N) is 2.